The second-order valence-corrected chi connectivity index (χ2v) is 6.73. The van der Waals surface area contributed by atoms with E-state index in [1.165, 1.54) is 17.3 Å². The molecule has 110 valence electrons. The van der Waals surface area contributed by atoms with Crippen molar-refractivity contribution >= 4 is 28.4 Å². The van der Waals surface area contributed by atoms with Gasteiger partial charge in [0.2, 0.25) is 4.87 Å². The number of likely N-dealkylation sites (N-methyl/N-ethyl adjacent to an activating group) is 1. The summed E-state index contributed by atoms with van der Waals surface area (Å²) in [6.07, 6.45) is 0.736. The van der Waals surface area contributed by atoms with Crippen LogP contribution in [0.2, 0.25) is 0 Å². The SMILES string of the molecule is CN1C(=O)C2(NN=C(Cc3ccccc3)S2)c2ccccc21. The van der Waals surface area contributed by atoms with Crippen molar-refractivity contribution < 1.29 is 4.79 Å². The van der Waals surface area contributed by atoms with Crippen molar-refractivity contribution in [2.45, 2.75) is 11.3 Å². The average molecular weight is 309 g/mol. The van der Waals surface area contributed by atoms with E-state index in [4.69, 9.17) is 0 Å². The van der Waals surface area contributed by atoms with Crippen LogP contribution in [-0.4, -0.2) is 18.0 Å². The van der Waals surface area contributed by atoms with Gasteiger partial charge in [-0.15, -0.1) is 0 Å². The fraction of sp³-hybridized carbons (Fsp3) is 0.176. The zero-order valence-electron chi connectivity index (χ0n) is 12.1. The Kier molecular flexibility index (Phi) is 2.97. The van der Waals surface area contributed by atoms with Crippen molar-refractivity contribution in [1.29, 1.82) is 0 Å². The summed E-state index contributed by atoms with van der Waals surface area (Å²) in [6.45, 7) is 0. The number of para-hydroxylation sites is 1. The van der Waals surface area contributed by atoms with Crippen LogP contribution in [0.25, 0.3) is 0 Å². The van der Waals surface area contributed by atoms with Crippen molar-refractivity contribution in [3.63, 3.8) is 0 Å². The maximum absolute atomic E-state index is 12.8. The summed E-state index contributed by atoms with van der Waals surface area (Å²) in [5.41, 5.74) is 6.23. The molecule has 1 amide bonds. The third-order valence-corrected chi connectivity index (χ3v) is 5.32. The van der Waals surface area contributed by atoms with Crippen molar-refractivity contribution in [3.05, 3.63) is 65.7 Å². The monoisotopic (exact) mass is 309 g/mol. The van der Waals surface area contributed by atoms with Gasteiger partial charge in [0.1, 0.15) is 5.04 Å². The Morgan fingerprint density at radius 1 is 1.14 bits per heavy atom. The van der Waals surface area contributed by atoms with Gasteiger partial charge in [0.25, 0.3) is 5.91 Å². The number of fused-ring (bicyclic) bond motifs is 2. The predicted octanol–water partition coefficient (Wildman–Crippen LogP) is 2.71. The van der Waals surface area contributed by atoms with E-state index in [9.17, 15) is 4.79 Å². The van der Waals surface area contributed by atoms with E-state index in [-0.39, 0.29) is 5.91 Å². The first-order valence-electron chi connectivity index (χ1n) is 7.15. The minimum absolute atomic E-state index is 0.0329. The summed E-state index contributed by atoms with van der Waals surface area (Å²) < 4.78 is 0. The Morgan fingerprint density at radius 3 is 2.68 bits per heavy atom. The van der Waals surface area contributed by atoms with Crippen LogP contribution in [0.3, 0.4) is 0 Å². The van der Waals surface area contributed by atoms with Crippen molar-refractivity contribution in [1.82, 2.24) is 5.43 Å². The zero-order valence-corrected chi connectivity index (χ0v) is 12.9. The fourth-order valence-electron chi connectivity index (χ4n) is 2.94. The van der Waals surface area contributed by atoms with Gasteiger partial charge in [-0.3, -0.25) is 10.2 Å². The van der Waals surface area contributed by atoms with E-state index < -0.39 is 4.87 Å². The minimum atomic E-state index is -0.796. The highest BCUT2D eigenvalue weighted by atomic mass is 32.2. The number of hydrogen-bond donors (Lipinski definition) is 1. The Labute approximate surface area is 133 Å². The van der Waals surface area contributed by atoms with Crippen LogP contribution < -0.4 is 10.3 Å². The highest BCUT2D eigenvalue weighted by Gasteiger charge is 2.53. The molecule has 1 unspecified atom stereocenters. The first kappa shape index (κ1) is 13.4. The topological polar surface area (TPSA) is 44.7 Å². The summed E-state index contributed by atoms with van der Waals surface area (Å²) in [7, 11) is 1.81. The van der Waals surface area contributed by atoms with E-state index in [0.29, 0.717) is 0 Å². The maximum Gasteiger partial charge on any atom is 0.269 e. The Balaban J connectivity index is 1.64. The zero-order chi connectivity index (χ0) is 15.2. The maximum atomic E-state index is 12.8. The number of rotatable bonds is 2. The molecule has 2 aliphatic rings. The lowest BCUT2D eigenvalue weighted by atomic mass is 10.1. The molecule has 1 N–H and O–H groups in total. The van der Waals surface area contributed by atoms with Gasteiger partial charge < -0.3 is 4.90 Å². The van der Waals surface area contributed by atoms with Gasteiger partial charge in [-0.1, -0.05) is 60.3 Å². The molecule has 22 heavy (non-hydrogen) atoms. The molecule has 0 aliphatic carbocycles. The summed E-state index contributed by atoms with van der Waals surface area (Å²) in [5.74, 6) is 0.0329. The smallest absolute Gasteiger partial charge is 0.269 e. The van der Waals surface area contributed by atoms with Gasteiger partial charge in [-0.05, 0) is 11.6 Å². The van der Waals surface area contributed by atoms with Crippen LogP contribution >= 0.6 is 11.8 Å². The lowest BCUT2D eigenvalue weighted by molar-refractivity contribution is -0.120. The largest absolute Gasteiger partial charge is 0.312 e. The van der Waals surface area contributed by atoms with Crippen LogP contribution in [0.1, 0.15) is 11.1 Å². The summed E-state index contributed by atoms with van der Waals surface area (Å²) in [5, 5.41) is 5.37. The van der Waals surface area contributed by atoms with E-state index in [1.54, 1.807) is 4.90 Å². The van der Waals surface area contributed by atoms with Crippen molar-refractivity contribution in [2.75, 3.05) is 11.9 Å². The molecule has 0 aromatic heterocycles. The van der Waals surface area contributed by atoms with Gasteiger partial charge in [0.05, 0.1) is 5.69 Å². The number of anilines is 1. The third kappa shape index (κ3) is 1.85. The third-order valence-electron chi connectivity index (χ3n) is 4.06. The molecule has 0 radical (unpaired) electrons. The molecule has 2 aliphatic heterocycles. The Bertz CT molecular complexity index is 774. The molecule has 4 nitrogen and oxygen atoms in total. The molecular formula is C17H15N3OS. The average Bonchev–Trinajstić information content (AvgIpc) is 3.07. The van der Waals surface area contributed by atoms with Crippen molar-refractivity contribution in [2.24, 2.45) is 5.10 Å². The van der Waals surface area contributed by atoms with E-state index in [0.717, 1.165) is 22.7 Å². The number of hydrogen-bond acceptors (Lipinski definition) is 4. The van der Waals surface area contributed by atoms with E-state index in [2.05, 4.69) is 22.7 Å². The second-order valence-electron chi connectivity index (χ2n) is 5.44. The predicted molar refractivity (Wildman–Crippen MR) is 89.8 cm³/mol. The van der Waals surface area contributed by atoms with Gasteiger partial charge in [0, 0.05) is 19.0 Å². The fourth-order valence-corrected chi connectivity index (χ4v) is 4.22. The number of carbonyl (C=O) groups excluding carboxylic acids is 1. The molecule has 1 spiro atoms. The molecule has 0 saturated heterocycles. The number of nitrogens with zero attached hydrogens (tertiary/aromatic N) is 2. The van der Waals surface area contributed by atoms with Crippen LogP contribution in [0.15, 0.2) is 59.7 Å². The first-order chi connectivity index (χ1) is 10.7. The summed E-state index contributed by atoms with van der Waals surface area (Å²) >= 11 is 1.52. The molecule has 4 rings (SSSR count). The quantitative estimate of drug-likeness (QED) is 0.927. The Morgan fingerprint density at radius 2 is 1.86 bits per heavy atom. The number of thioether (sulfide) groups is 1. The minimum Gasteiger partial charge on any atom is -0.312 e. The number of benzene rings is 2. The number of carbonyl (C=O) groups is 1. The summed E-state index contributed by atoms with van der Waals surface area (Å²) in [6, 6.07) is 18.1. The molecule has 0 bridgehead atoms. The molecule has 0 fully saturated rings. The molecule has 5 heteroatoms. The molecule has 2 aromatic carbocycles. The molecule has 2 heterocycles. The summed E-state index contributed by atoms with van der Waals surface area (Å²) in [4.78, 5) is 13.7. The lowest BCUT2D eigenvalue weighted by Gasteiger charge is -2.20. The van der Waals surface area contributed by atoms with E-state index >= 15 is 0 Å². The van der Waals surface area contributed by atoms with Gasteiger partial charge in [-0.2, -0.15) is 5.10 Å². The van der Waals surface area contributed by atoms with Gasteiger partial charge >= 0.3 is 0 Å². The van der Waals surface area contributed by atoms with Crippen molar-refractivity contribution in [3.8, 4) is 0 Å². The van der Waals surface area contributed by atoms with Gasteiger partial charge in [0.15, 0.2) is 0 Å². The number of hydrazone groups is 1. The number of amides is 1. The van der Waals surface area contributed by atoms with Crippen LogP contribution in [0, 0.1) is 0 Å². The Hall–Kier alpha value is -2.27. The van der Waals surface area contributed by atoms with Crippen LogP contribution in [-0.2, 0) is 16.1 Å². The van der Waals surface area contributed by atoms with Crippen LogP contribution in [0.5, 0.6) is 0 Å². The van der Waals surface area contributed by atoms with Gasteiger partial charge in [-0.25, -0.2) is 0 Å². The van der Waals surface area contributed by atoms with E-state index in [1.807, 2.05) is 49.5 Å². The highest BCUT2D eigenvalue weighted by molar-refractivity contribution is 8.15. The molecular weight excluding hydrogens is 294 g/mol. The normalized spacial score (nSPS) is 22.7. The van der Waals surface area contributed by atoms with Crippen LogP contribution in [0.4, 0.5) is 5.69 Å². The molecule has 1 atom stereocenters. The molecule has 0 saturated carbocycles. The standard InChI is InChI=1S/C17H15N3OS/c1-20-14-10-6-5-9-13(14)17(16(20)21)19-18-15(22-17)11-12-7-3-2-4-8-12/h2-10,19H,11H2,1H3. The highest BCUT2D eigenvalue weighted by Crippen LogP contribution is 2.49. The molecule has 2 aromatic rings. The number of nitrogens with one attached hydrogen (secondary N) is 1. The lowest BCUT2D eigenvalue weighted by Crippen LogP contribution is -2.43. The second kappa shape index (κ2) is 4.88. The first-order valence-corrected chi connectivity index (χ1v) is 7.97.